The largest absolute Gasteiger partial charge is 0.496 e. The summed E-state index contributed by atoms with van der Waals surface area (Å²) >= 11 is 0. The van der Waals surface area contributed by atoms with Crippen molar-refractivity contribution in [3.8, 4) is 39.1 Å². The molecule has 180 valence electrons. The summed E-state index contributed by atoms with van der Waals surface area (Å²) in [6, 6.07) is 50.0. The molecule has 0 saturated carbocycles. The predicted octanol–water partition coefficient (Wildman–Crippen LogP) is 10.2. The van der Waals surface area contributed by atoms with E-state index in [0.717, 1.165) is 11.1 Å². The molecule has 0 radical (unpaired) electrons. The molecule has 0 spiro atoms. The Labute approximate surface area is 222 Å². The van der Waals surface area contributed by atoms with Crippen molar-refractivity contribution in [3.63, 3.8) is 0 Å². The number of benzene rings is 7. The molecule has 0 amide bonds. The van der Waals surface area contributed by atoms with Gasteiger partial charge >= 0.3 is 0 Å². The molecule has 0 saturated heterocycles. The second kappa shape index (κ2) is 9.21. The van der Waals surface area contributed by atoms with E-state index in [4.69, 9.17) is 4.74 Å². The van der Waals surface area contributed by atoms with E-state index < -0.39 is 0 Å². The fourth-order valence-corrected chi connectivity index (χ4v) is 5.96. The molecule has 1 heteroatoms. The van der Waals surface area contributed by atoms with Gasteiger partial charge in [0, 0.05) is 5.39 Å². The van der Waals surface area contributed by atoms with E-state index in [1.54, 1.807) is 7.11 Å². The zero-order valence-electron chi connectivity index (χ0n) is 21.2. The highest BCUT2D eigenvalue weighted by atomic mass is 16.5. The third-order valence-corrected chi connectivity index (χ3v) is 7.57. The fourth-order valence-electron chi connectivity index (χ4n) is 5.96. The van der Waals surface area contributed by atoms with Crippen molar-refractivity contribution in [2.45, 2.75) is 0 Å². The van der Waals surface area contributed by atoms with E-state index in [2.05, 4.69) is 140 Å². The second-order valence-electron chi connectivity index (χ2n) is 9.62. The van der Waals surface area contributed by atoms with Gasteiger partial charge in [-0.3, -0.25) is 0 Å². The highest BCUT2D eigenvalue weighted by Gasteiger charge is 2.20. The summed E-state index contributed by atoms with van der Waals surface area (Å²) in [6.07, 6.45) is 0. The average Bonchev–Trinajstić information content (AvgIpc) is 3.00. The highest BCUT2D eigenvalue weighted by molar-refractivity contribution is 6.25. The maximum atomic E-state index is 5.73. The van der Waals surface area contributed by atoms with Crippen molar-refractivity contribution in [3.05, 3.63) is 140 Å². The first-order chi connectivity index (χ1) is 18.8. The standard InChI is InChI=1S/C37H26O/c1-38-34-24-23-28(27-17-8-9-18-29(27)34)30-21-12-22-33-35(25-13-4-2-5-14-25)31-19-10-11-20-32(31)36(37(30)33)26-15-6-3-7-16-26/h2-24H,1H3. The monoisotopic (exact) mass is 486 g/mol. The Morgan fingerprint density at radius 3 is 1.55 bits per heavy atom. The Morgan fingerprint density at radius 1 is 0.368 bits per heavy atom. The number of rotatable bonds is 4. The number of methoxy groups -OCH3 is 1. The summed E-state index contributed by atoms with van der Waals surface area (Å²) in [4.78, 5) is 0. The summed E-state index contributed by atoms with van der Waals surface area (Å²) in [6.45, 7) is 0. The summed E-state index contributed by atoms with van der Waals surface area (Å²) in [5.74, 6) is 0.892. The minimum Gasteiger partial charge on any atom is -0.496 e. The van der Waals surface area contributed by atoms with E-state index in [9.17, 15) is 0 Å². The minimum absolute atomic E-state index is 0.892. The normalized spacial score (nSPS) is 11.3. The van der Waals surface area contributed by atoms with E-state index in [-0.39, 0.29) is 0 Å². The van der Waals surface area contributed by atoms with Gasteiger partial charge in [0.2, 0.25) is 0 Å². The third-order valence-electron chi connectivity index (χ3n) is 7.57. The van der Waals surface area contributed by atoms with Crippen LogP contribution < -0.4 is 4.74 Å². The van der Waals surface area contributed by atoms with Gasteiger partial charge in [-0.05, 0) is 66.4 Å². The first-order valence-corrected chi connectivity index (χ1v) is 13.0. The lowest BCUT2D eigenvalue weighted by atomic mass is 9.82. The van der Waals surface area contributed by atoms with Crippen molar-refractivity contribution in [1.82, 2.24) is 0 Å². The predicted molar refractivity (Wildman–Crippen MR) is 162 cm³/mol. The lowest BCUT2D eigenvalue weighted by molar-refractivity contribution is 0.420. The molecule has 0 aliphatic heterocycles. The summed E-state index contributed by atoms with van der Waals surface area (Å²) in [5, 5.41) is 7.36. The third kappa shape index (κ3) is 3.48. The molecule has 7 aromatic carbocycles. The van der Waals surface area contributed by atoms with Crippen LogP contribution in [0.2, 0.25) is 0 Å². The highest BCUT2D eigenvalue weighted by Crippen LogP contribution is 2.48. The zero-order chi connectivity index (χ0) is 25.5. The first-order valence-electron chi connectivity index (χ1n) is 13.0. The smallest absolute Gasteiger partial charge is 0.126 e. The molecule has 0 N–H and O–H groups in total. The van der Waals surface area contributed by atoms with E-state index >= 15 is 0 Å². The molecule has 0 aliphatic rings. The SMILES string of the molecule is COc1ccc(-c2cccc3c(-c4ccccc4)c4ccccc4c(-c4ccccc4)c23)c2ccccc12. The van der Waals surface area contributed by atoms with Gasteiger partial charge in [0.15, 0.2) is 0 Å². The van der Waals surface area contributed by atoms with Gasteiger partial charge < -0.3 is 4.74 Å². The van der Waals surface area contributed by atoms with Gasteiger partial charge in [0.1, 0.15) is 5.75 Å². The Hall–Kier alpha value is -4.88. The summed E-state index contributed by atoms with van der Waals surface area (Å²) in [5.41, 5.74) is 7.42. The molecule has 0 atom stereocenters. The van der Waals surface area contributed by atoms with Crippen molar-refractivity contribution in [2.75, 3.05) is 7.11 Å². The Bertz CT molecular complexity index is 1940. The number of fused-ring (bicyclic) bond motifs is 3. The van der Waals surface area contributed by atoms with Crippen molar-refractivity contribution >= 4 is 32.3 Å². The molecule has 1 nitrogen and oxygen atoms in total. The molecular weight excluding hydrogens is 460 g/mol. The van der Waals surface area contributed by atoms with Gasteiger partial charge in [0.25, 0.3) is 0 Å². The summed E-state index contributed by atoms with van der Waals surface area (Å²) in [7, 11) is 1.74. The molecule has 7 aromatic rings. The topological polar surface area (TPSA) is 9.23 Å². The van der Waals surface area contributed by atoms with Gasteiger partial charge in [-0.2, -0.15) is 0 Å². The van der Waals surface area contributed by atoms with Crippen LogP contribution in [0.1, 0.15) is 0 Å². The quantitative estimate of drug-likeness (QED) is 0.225. The van der Waals surface area contributed by atoms with Gasteiger partial charge in [-0.1, -0.05) is 133 Å². The fraction of sp³-hybridized carbons (Fsp3) is 0.0270. The van der Waals surface area contributed by atoms with Crippen LogP contribution in [0.5, 0.6) is 5.75 Å². The van der Waals surface area contributed by atoms with Crippen LogP contribution in [0, 0.1) is 0 Å². The van der Waals surface area contributed by atoms with E-state index in [1.807, 2.05) is 0 Å². The molecule has 38 heavy (non-hydrogen) atoms. The van der Waals surface area contributed by atoms with Crippen molar-refractivity contribution < 1.29 is 4.74 Å². The lowest BCUT2D eigenvalue weighted by Gasteiger charge is -2.21. The molecule has 0 fully saturated rings. The molecule has 0 aromatic heterocycles. The Balaban J connectivity index is 1.72. The molecule has 0 unspecified atom stereocenters. The number of ether oxygens (including phenoxy) is 1. The molecule has 0 aliphatic carbocycles. The van der Waals surface area contributed by atoms with Crippen LogP contribution in [0.25, 0.3) is 65.7 Å². The number of hydrogen-bond acceptors (Lipinski definition) is 1. The number of hydrogen-bond donors (Lipinski definition) is 0. The van der Waals surface area contributed by atoms with E-state index in [1.165, 1.54) is 60.3 Å². The van der Waals surface area contributed by atoms with Crippen LogP contribution in [0.4, 0.5) is 0 Å². The zero-order valence-corrected chi connectivity index (χ0v) is 21.2. The van der Waals surface area contributed by atoms with Crippen LogP contribution in [-0.4, -0.2) is 7.11 Å². The van der Waals surface area contributed by atoms with Gasteiger partial charge in [-0.25, -0.2) is 0 Å². The van der Waals surface area contributed by atoms with Crippen LogP contribution in [0.15, 0.2) is 140 Å². The first kappa shape index (κ1) is 22.3. The van der Waals surface area contributed by atoms with Crippen LogP contribution in [0.3, 0.4) is 0 Å². The van der Waals surface area contributed by atoms with Gasteiger partial charge in [0.05, 0.1) is 7.11 Å². The maximum Gasteiger partial charge on any atom is 0.126 e. The minimum atomic E-state index is 0.892. The van der Waals surface area contributed by atoms with Crippen molar-refractivity contribution in [2.24, 2.45) is 0 Å². The lowest BCUT2D eigenvalue weighted by Crippen LogP contribution is -1.94. The molecule has 0 bridgehead atoms. The second-order valence-corrected chi connectivity index (χ2v) is 9.62. The Kier molecular flexibility index (Phi) is 5.41. The average molecular weight is 487 g/mol. The Morgan fingerprint density at radius 2 is 0.895 bits per heavy atom. The molecular formula is C37H26O. The van der Waals surface area contributed by atoms with Crippen LogP contribution >= 0.6 is 0 Å². The molecule has 0 heterocycles. The van der Waals surface area contributed by atoms with Crippen molar-refractivity contribution in [1.29, 1.82) is 0 Å². The maximum absolute atomic E-state index is 5.73. The van der Waals surface area contributed by atoms with Gasteiger partial charge in [-0.15, -0.1) is 0 Å². The summed E-state index contributed by atoms with van der Waals surface area (Å²) < 4.78 is 5.73. The van der Waals surface area contributed by atoms with Crippen LogP contribution in [-0.2, 0) is 0 Å². The van der Waals surface area contributed by atoms with E-state index in [0.29, 0.717) is 0 Å². The molecule has 7 rings (SSSR count).